The van der Waals surface area contributed by atoms with E-state index in [4.69, 9.17) is 6.42 Å². The Bertz CT molecular complexity index is 296. The van der Waals surface area contributed by atoms with E-state index < -0.39 is 0 Å². The van der Waals surface area contributed by atoms with Crippen molar-refractivity contribution in [3.05, 3.63) is 34.3 Å². The first-order valence-electron chi connectivity index (χ1n) is 4.51. The van der Waals surface area contributed by atoms with Gasteiger partial charge in [0.25, 0.3) is 0 Å². The van der Waals surface area contributed by atoms with Gasteiger partial charge < -0.3 is 0 Å². The first kappa shape index (κ1) is 10.3. The summed E-state index contributed by atoms with van der Waals surface area (Å²) in [5.74, 6) is 2.66. The molecule has 13 heavy (non-hydrogen) atoms. The fourth-order valence-corrected chi connectivity index (χ4v) is 1.70. The molecule has 0 radical (unpaired) electrons. The quantitative estimate of drug-likeness (QED) is 0.552. The SMILES string of the molecule is C#CCCCCc1cccc(Br)c1. The summed E-state index contributed by atoms with van der Waals surface area (Å²) in [6, 6.07) is 8.43. The highest BCUT2D eigenvalue weighted by atomic mass is 79.9. The van der Waals surface area contributed by atoms with Crippen molar-refractivity contribution in [3.63, 3.8) is 0 Å². The van der Waals surface area contributed by atoms with Crippen molar-refractivity contribution in [1.82, 2.24) is 0 Å². The van der Waals surface area contributed by atoms with Crippen molar-refractivity contribution < 1.29 is 0 Å². The Morgan fingerprint density at radius 3 is 2.85 bits per heavy atom. The van der Waals surface area contributed by atoms with Crippen molar-refractivity contribution in [2.24, 2.45) is 0 Å². The van der Waals surface area contributed by atoms with E-state index in [1.165, 1.54) is 12.0 Å². The third kappa shape index (κ3) is 4.15. The minimum absolute atomic E-state index is 0.897. The van der Waals surface area contributed by atoms with E-state index in [1.807, 2.05) is 6.07 Å². The molecule has 0 N–H and O–H groups in total. The van der Waals surface area contributed by atoms with E-state index in [1.54, 1.807) is 0 Å². The lowest BCUT2D eigenvalue weighted by Crippen LogP contribution is -1.84. The predicted molar refractivity (Wildman–Crippen MR) is 60.5 cm³/mol. The minimum atomic E-state index is 0.897. The second kappa shape index (κ2) is 5.83. The van der Waals surface area contributed by atoms with Crippen LogP contribution >= 0.6 is 15.9 Å². The minimum Gasteiger partial charge on any atom is -0.120 e. The number of rotatable bonds is 4. The van der Waals surface area contributed by atoms with Crippen LogP contribution in [0.2, 0.25) is 0 Å². The maximum absolute atomic E-state index is 5.17. The molecular formula is C12H13Br. The third-order valence-electron chi connectivity index (χ3n) is 1.93. The molecule has 1 aromatic rings. The summed E-state index contributed by atoms with van der Waals surface area (Å²) < 4.78 is 1.15. The van der Waals surface area contributed by atoms with Crippen LogP contribution in [0.4, 0.5) is 0 Å². The average Bonchev–Trinajstić information content (AvgIpc) is 2.13. The van der Waals surface area contributed by atoms with Crippen LogP contribution in [0.3, 0.4) is 0 Å². The summed E-state index contributed by atoms with van der Waals surface area (Å²) in [4.78, 5) is 0. The molecule has 1 aromatic carbocycles. The summed E-state index contributed by atoms with van der Waals surface area (Å²) in [6.07, 6.45) is 9.51. The molecule has 0 nitrogen and oxygen atoms in total. The van der Waals surface area contributed by atoms with Crippen LogP contribution in [-0.4, -0.2) is 0 Å². The van der Waals surface area contributed by atoms with Gasteiger partial charge in [-0.2, -0.15) is 0 Å². The van der Waals surface area contributed by atoms with Gasteiger partial charge in [-0.1, -0.05) is 28.1 Å². The van der Waals surface area contributed by atoms with Gasteiger partial charge in [0.15, 0.2) is 0 Å². The molecule has 0 aliphatic heterocycles. The van der Waals surface area contributed by atoms with E-state index in [0.29, 0.717) is 0 Å². The Hall–Kier alpha value is -0.740. The van der Waals surface area contributed by atoms with Crippen LogP contribution in [-0.2, 0) is 6.42 Å². The van der Waals surface area contributed by atoms with Crippen LogP contribution in [0.25, 0.3) is 0 Å². The molecule has 0 amide bonds. The van der Waals surface area contributed by atoms with Gasteiger partial charge in [-0.15, -0.1) is 12.3 Å². The Morgan fingerprint density at radius 1 is 1.31 bits per heavy atom. The van der Waals surface area contributed by atoms with Crippen LogP contribution < -0.4 is 0 Å². The Balaban J connectivity index is 2.33. The largest absolute Gasteiger partial charge is 0.120 e. The van der Waals surface area contributed by atoms with Crippen molar-refractivity contribution in [3.8, 4) is 12.3 Å². The number of hydrogen-bond acceptors (Lipinski definition) is 0. The number of aryl methyl sites for hydroxylation is 1. The maximum atomic E-state index is 5.17. The van der Waals surface area contributed by atoms with Gasteiger partial charge in [-0.3, -0.25) is 0 Å². The summed E-state index contributed by atoms with van der Waals surface area (Å²) in [6.45, 7) is 0. The van der Waals surface area contributed by atoms with Crippen molar-refractivity contribution >= 4 is 15.9 Å². The van der Waals surface area contributed by atoms with E-state index in [0.717, 1.165) is 23.7 Å². The molecule has 0 unspecified atom stereocenters. The lowest BCUT2D eigenvalue weighted by Gasteiger charge is -2.00. The molecule has 68 valence electrons. The van der Waals surface area contributed by atoms with Crippen LogP contribution in [0, 0.1) is 12.3 Å². The zero-order valence-electron chi connectivity index (χ0n) is 7.59. The normalized spacial score (nSPS) is 9.54. The highest BCUT2D eigenvalue weighted by molar-refractivity contribution is 9.10. The lowest BCUT2D eigenvalue weighted by molar-refractivity contribution is 0.756. The fourth-order valence-electron chi connectivity index (χ4n) is 1.25. The third-order valence-corrected chi connectivity index (χ3v) is 2.42. The number of unbranched alkanes of at least 4 members (excludes halogenated alkanes) is 2. The van der Waals surface area contributed by atoms with E-state index in [9.17, 15) is 0 Å². The molecule has 0 heterocycles. The fraction of sp³-hybridized carbons (Fsp3) is 0.333. The van der Waals surface area contributed by atoms with Crippen molar-refractivity contribution in [2.45, 2.75) is 25.7 Å². The second-order valence-corrected chi connectivity index (χ2v) is 3.96. The zero-order valence-corrected chi connectivity index (χ0v) is 9.18. The summed E-state index contributed by atoms with van der Waals surface area (Å²) >= 11 is 3.45. The van der Waals surface area contributed by atoms with E-state index in [2.05, 4.69) is 40.0 Å². The van der Waals surface area contributed by atoms with Crippen LogP contribution in [0.5, 0.6) is 0 Å². The Morgan fingerprint density at radius 2 is 2.15 bits per heavy atom. The van der Waals surface area contributed by atoms with Gasteiger partial charge in [-0.25, -0.2) is 0 Å². The molecule has 0 atom stereocenters. The molecule has 0 saturated heterocycles. The Kier molecular flexibility index (Phi) is 4.64. The zero-order chi connectivity index (χ0) is 9.52. The van der Waals surface area contributed by atoms with E-state index >= 15 is 0 Å². The first-order valence-corrected chi connectivity index (χ1v) is 5.30. The highest BCUT2D eigenvalue weighted by Crippen LogP contribution is 2.13. The van der Waals surface area contributed by atoms with Gasteiger partial charge in [0.2, 0.25) is 0 Å². The number of hydrogen-bond donors (Lipinski definition) is 0. The topological polar surface area (TPSA) is 0 Å². The molecule has 0 aliphatic carbocycles. The average molecular weight is 237 g/mol. The number of halogens is 1. The summed E-state index contributed by atoms with van der Waals surface area (Å²) in [5.41, 5.74) is 1.38. The molecule has 1 heteroatoms. The van der Waals surface area contributed by atoms with Crippen molar-refractivity contribution in [2.75, 3.05) is 0 Å². The first-order chi connectivity index (χ1) is 6.33. The Labute approximate surface area is 88.5 Å². The molecule has 0 aliphatic rings. The standard InChI is InChI=1S/C12H13Br/c1-2-3-4-5-7-11-8-6-9-12(13)10-11/h1,6,8-10H,3-5,7H2. The van der Waals surface area contributed by atoms with Crippen LogP contribution in [0.15, 0.2) is 28.7 Å². The van der Waals surface area contributed by atoms with Crippen LogP contribution in [0.1, 0.15) is 24.8 Å². The molecule has 0 bridgehead atoms. The smallest absolute Gasteiger partial charge is 0.0177 e. The lowest BCUT2D eigenvalue weighted by atomic mass is 10.1. The number of benzene rings is 1. The molecule has 1 rings (SSSR count). The van der Waals surface area contributed by atoms with Gasteiger partial charge in [0.05, 0.1) is 0 Å². The molecule has 0 spiro atoms. The van der Waals surface area contributed by atoms with Gasteiger partial charge in [0, 0.05) is 10.9 Å². The highest BCUT2D eigenvalue weighted by Gasteiger charge is 1.93. The molecule has 0 aromatic heterocycles. The van der Waals surface area contributed by atoms with Gasteiger partial charge in [-0.05, 0) is 37.0 Å². The van der Waals surface area contributed by atoms with Gasteiger partial charge in [0.1, 0.15) is 0 Å². The summed E-state index contributed by atoms with van der Waals surface area (Å²) in [5, 5.41) is 0. The molecular weight excluding hydrogens is 224 g/mol. The summed E-state index contributed by atoms with van der Waals surface area (Å²) in [7, 11) is 0. The monoisotopic (exact) mass is 236 g/mol. The molecule has 0 saturated carbocycles. The predicted octanol–water partition coefficient (Wildman–Crippen LogP) is 3.80. The van der Waals surface area contributed by atoms with Gasteiger partial charge >= 0.3 is 0 Å². The van der Waals surface area contributed by atoms with Crippen molar-refractivity contribution in [1.29, 1.82) is 0 Å². The second-order valence-electron chi connectivity index (χ2n) is 3.04. The molecule has 0 fully saturated rings. The van der Waals surface area contributed by atoms with E-state index in [-0.39, 0.29) is 0 Å². The maximum Gasteiger partial charge on any atom is 0.0177 e. The number of terminal acetylenes is 1.